The number of thiazole rings is 1. The van der Waals surface area contributed by atoms with Crippen LogP contribution in [-0.4, -0.2) is 33.9 Å². The molecule has 2 aromatic rings. The molecule has 1 aromatic heterocycles. The molecule has 1 aromatic carbocycles. The van der Waals surface area contributed by atoms with Crippen LogP contribution >= 0.6 is 11.3 Å². The second-order valence-corrected chi connectivity index (χ2v) is 5.85. The first-order chi connectivity index (χ1) is 12.2. The van der Waals surface area contributed by atoms with Crippen LogP contribution in [0.4, 0.5) is 18.3 Å². The van der Waals surface area contributed by atoms with Gasteiger partial charge in [0.15, 0.2) is 5.13 Å². The van der Waals surface area contributed by atoms with E-state index in [9.17, 15) is 22.8 Å². The molecule has 0 fully saturated rings. The van der Waals surface area contributed by atoms with Crippen LogP contribution in [0.3, 0.4) is 0 Å². The molecule has 1 amide bonds. The van der Waals surface area contributed by atoms with Gasteiger partial charge >= 0.3 is 18.1 Å². The lowest BCUT2D eigenvalue weighted by Crippen LogP contribution is -2.29. The summed E-state index contributed by atoms with van der Waals surface area (Å²) >= 11 is 0.628. The Balaban J connectivity index is 2.08. The van der Waals surface area contributed by atoms with Crippen LogP contribution < -0.4 is 5.32 Å². The van der Waals surface area contributed by atoms with Crippen molar-refractivity contribution in [2.75, 3.05) is 5.32 Å². The monoisotopic (exact) mass is 387 g/mol. The number of carboxylic acid groups (broad SMARTS) is 1. The molecule has 0 aliphatic rings. The van der Waals surface area contributed by atoms with Gasteiger partial charge in [-0.05, 0) is 12.5 Å². The normalized spacial score (nSPS) is 11.9. The highest BCUT2D eigenvalue weighted by molar-refractivity contribution is 7.14. The summed E-state index contributed by atoms with van der Waals surface area (Å²) in [5.41, 5.74) is 0.963. The van der Waals surface area contributed by atoms with Gasteiger partial charge in [0.2, 0.25) is 5.71 Å². The minimum absolute atomic E-state index is 0.00113. The maximum absolute atomic E-state index is 12.2. The number of halogens is 3. The second kappa shape index (κ2) is 7.95. The molecule has 7 nitrogen and oxygen atoms in total. The molecule has 138 valence electrons. The maximum Gasteiger partial charge on any atom is 0.471 e. The Morgan fingerprint density at radius 1 is 1.31 bits per heavy atom. The Morgan fingerprint density at radius 2 is 1.96 bits per heavy atom. The number of aromatic nitrogens is 1. The van der Waals surface area contributed by atoms with Crippen LogP contribution in [0, 0.1) is 6.92 Å². The minimum Gasteiger partial charge on any atom is -0.476 e. The molecule has 11 heteroatoms. The summed E-state index contributed by atoms with van der Waals surface area (Å²) < 4.78 is 36.6. The van der Waals surface area contributed by atoms with Gasteiger partial charge in [0.05, 0.1) is 0 Å². The SMILES string of the molecule is Cc1ccc(CON=C(C(=O)O)c2csc(NC(=O)C(F)(F)F)n2)cc1. The molecule has 2 rings (SSSR count). The number of nitrogens with one attached hydrogen (secondary N) is 1. The van der Waals surface area contributed by atoms with Gasteiger partial charge in [-0.1, -0.05) is 35.0 Å². The number of aliphatic carboxylic acids is 1. The number of benzene rings is 1. The van der Waals surface area contributed by atoms with Crippen LogP contribution in [0.15, 0.2) is 34.8 Å². The van der Waals surface area contributed by atoms with Crippen molar-refractivity contribution in [1.82, 2.24) is 4.98 Å². The van der Waals surface area contributed by atoms with Gasteiger partial charge in [-0.2, -0.15) is 13.2 Å². The van der Waals surface area contributed by atoms with Gasteiger partial charge in [0.1, 0.15) is 12.3 Å². The summed E-state index contributed by atoms with van der Waals surface area (Å²) in [7, 11) is 0. The van der Waals surface area contributed by atoms with Gasteiger partial charge in [-0.15, -0.1) is 11.3 Å². The average Bonchev–Trinajstić information content (AvgIpc) is 3.00. The van der Waals surface area contributed by atoms with Crippen molar-refractivity contribution in [1.29, 1.82) is 0 Å². The van der Waals surface area contributed by atoms with Crippen LogP contribution in [0.25, 0.3) is 0 Å². The number of oxime groups is 1. The van der Waals surface area contributed by atoms with Crippen molar-refractivity contribution < 1.29 is 32.7 Å². The molecular weight excluding hydrogens is 375 g/mol. The smallest absolute Gasteiger partial charge is 0.471 e. The van der Waals surface area contributed by atoms with Gasteiger partial charge < -0.3 is 9.94 Å². The molecule has 0 unspecified atom stereocenters. The fraction of sp³-hybridized carbons (Fsp3) is 0.200. The van der Waals surface area contributed by atoms with Crippen molar-refractivity contribution in [3.8, 4) is 0 Å². The molecular formula is C15H12F3N3O4S. The van der Waals surface area contributed by atoms with Gasteiger partial charge in [0.25, 0.3) is 0 Å². The summed E-state index contributed by atoms with van der Waals surface area (Å²) in [6.45, 7) is 1.90. The first kappa shape index (κ1) is 19.4. The van der Waals surface area contributed by atoms with Crippen LogP contribution in [0.1, 0.15) is 16.8 Å². The van der Waals surface area contributed by atoms with Crippen LogP contribution in [0.5, 0.6) is 0 Å². The third kappa shape index (κ3) is 5.28. The van der Waals surface area contributed by atoms with E-state index in [1.807, 2.05) is 19.1 Å². The largest absolute Gasteiger partial charge is 0.476 e. The highest BCUT2D eigenvalue weighted by atomic mass is 32.1. The second-order valence-electron chi connectivity index (χ2n) is 4.99. The predicted octanol–water partition coefficient (Wildman–Crippen LogP) is 2.96. The number of alkyl halides is 3. The summed E-state index contributed by atoms with van der Waals surface area (Å²) in [4.78, 5) is 30.7. The zero-order valence-electron chi connectivity index (χ0n) is 13.2. The molecule has 2 N–H and O–H groups in total. The Bertz CT molecular complexity index is 831. The quantitative estimate of drug-likeness (QED) is 0.586. The number of hydrogen-bond acceptors (Lipinski definition) is 6. The summed E-state index contributed by atoms with van der Waals surface area (Å²) in [5, 5.41) is 14.9. The predicted molar refractivity (Wildman–Crippen MR) is 86.9 cm³/mol. The highest BCUT2D eigenvalue weighted by Crippen LogP contribution is 2.21. The fourth-order valence-corrected chi connectivity index (χ4v) is 2.35. The first-order valence-electron chi connectivity index (χ1n) is 6.99. The molecule has 0 saturated carbocycles. The van der Waals surface area contributed by atoms with Crippen molar-refractivity contribution in [3.05, 3.63) is 46.5 Å². The standard InChI is InChI=1S/C15H12F3N3O4S/c1-8-2-4-9(5-3-8)6-25-21-11(12(22)23)10-7-26-14(19-10)20-13(24)15(16,17)18/h2-5,7H,6H2,1H3,(H,22,23)(H,19,20,24). The molecule has 0 radical (unpaired) electrons. The zero-order chi connectivity index (χ0) is 19.3. The highest BCUT2D eigenvalue weighted by Gasteiger charge is 2.39. The number of carbonyl (C=O) groups is 2. The number of amides is 1. The lowest BCUT2D eigenvalue weighted by Gasteiger charge is -2.04. The van der Waals surface area contributed by atoms with E-state index in [0.29, 0.717) is 11.3 Å². The van der Waals surface area contributed by atoms with Crippen molar-refractivity contribution in [2.24, 2.45) is 5.16 Å². The molecule has 0 saturated heterocycles. The van der Waals surface area contributed by atoms with E-state index in [0.717, 1.165) is 16.5 Å². The fourth-order valence-electron chi connectivity index (χ4n) is 1.66. The molecule has 0 atom stereocenters. The number of rotatable bonds is 6. The summed E-state index contributed by atoms with van der Waals surface area (Å²) in [6, 6.07) is 7.24. The molecule has 0 bridgehead atoms. The minimum atomic E-state index is -5.08. The van der Waals surface area contributed by atoms with Gasteiger partial charge in [-0.3, -0.25) is 10.1 Å². The zero-order valence-corrected chi connectivity index (χ0v) is 14.0. The number of aryl methyl sites for hydroxylation is 1. The van der Waals surface area contributed by atoms with E-state index in [-0.39, 0.29) is 12.3 Å². The number of carboxylic acids is 1. The molecule has 26 heavy (non-hydrogen) atoms. The van der Waals surface area contributed by atoms with Crippen molar-refractivity contribution >= 4 is 34.1 Å². The lowest BCUT2D eigenvalue weighted by atomic mass is 10.2. The van der Waals surface area contributed by atoms with E-state index in [2.05, 4.69) is 10.1 Å². The molecule has 0 aliphatic heterocycles. The molecule has 1 heterocycles. The van der Waals surface area contributed by atoms with E-state index in [1.54, 1.807) is 12.1 Å². The van der Waals surface area contributed by atoms with E-state index in [1.165, 1.54) is 5.32 Å². The number of hydrogen-bond donors (Lipinski definition) is 2. The average molecular weight is 387 g/mol. The van der Waals surface area contributed by atoms with Crippen molar-refractivity contribution in [3.63, 3.8) is 0 Å². The van der Waals surface area contributed by atoms with E-state index in [4.69, 9.17) is 9.94 Å². The number of nitrogens with zero attached hydrogens (tertiary/aromatic N) is 2. The lowest BCUT2D eigenvalue weighted by molar-refractivity contribution is -0.167. The van der Waals surface area contributed by atoms with Crippen molar-refractivity contribution in [2.45, 2.75) is 19.7 Å². The Kier molecular flexibility index (Phi) is 5.93. The van der Waals surface area contributed by atoms with Crippen LogP contribution in [0.2, 0.25) is 0 Å². The number of carbonyl (C=O) groups excluding carboxylic acids is 1. The third-order valence-corrected chi connectivity index (χ3v) is 3.69. The van der Waals surface area contributed by atoms with E-state index >= 15 is 0 Å². The Morgan fingerprint density at radius 3 is 2.54 bits per heavy atom. The van der Waals surface area contributed by atoms with Gasteiger partial charge in [-0.25, -0.2) is 9.78 Å². The maximum atomic E-state index is 12.2. The molecule has 0 spiro atoms. The third-order valence-electron chi connectivity index (χ3n) is 2.93. The summed E-state index contributed by atoms with van der Waals surface area (Å²) in [6.07, 6.45) is -5.08. The number of anilines is 1. The first-order valence-corrected chi connectivity index (χ1v) is 7.87. The summed E-state index contributed by atoms with van der Waals surface area (Å²) in [5.74, 6) is -3.68. The topological polar surface area (TPSA) is 101 Å². The van der Waals surface area contributed by atoms with Crippen LogP contribution in [-0.2, 0) is 21.0 Å². The Hall–Kier alpha value is -2.95. The van der Waals surface area contributed by atoms with E-state index < -0.39 is 28.9 Å². The molecule has 0 aliphatic carbocycles. The van der Waals surface area contributed by atoms with Gasteiger partial charge in [0, 0.05) is 5.38 Å². The Labute approximate surface area is 149 Å².